The van der Waals surface area contributed by atoms with Crippen LogP contribution in [0.15, 0.2) is 40.9 Å². The molecule has 0 bridgehead atoms. The minimum absolute atomic E-state index is 0.0470. The van der Waals surface area contributed by atoms with Crippen molar-refractivity contribution in [3.8, 4) is 16.9 Å². The molecule has 0 atom stereocenters. The molecule has 0 aromatic heterocycles. The lowest BCUT2D eigenvalue weighted by atomic mass is 10.0. The van der Waals surface area contributed by atoms with Gasteiger partial charge in [0, 0.05) is 10.6 Å². The third-order valence-corrected chi connectivity index (χ3v) is 3.24. The fourth-order valence-corrected chi connectivity index (χ4v) is 1.99. The summed E-state index contributed by atoms with van der Waals surface area (Å²) in [6.07, 6.45) is 0. The molecular formula is C12H7BBrClFO2. The molecule has 0 amide bonds. The first kappa shape index (κ1) is 13.4. The number of hydrogen-bond acceptors (Lipinski definition) is 2. The summed E-state index contributed by atoms with van der Waals surface area (Å²) < 4.78 is 19.0. The van der Waals surface area contributed by atoms with Crippen LogP contribution in [0.25, 0.3) is 11.1 Å². The lowest BCUT2D eigenvalue weighted by molar-refractivity contribution is 0.432. The largest absolute Gasteiger partial charge is 0.569 e. The van der Waals surface area contributed by atoms with Crippen molar-refractivity contribution >= 4 is 35.2 Å². The summed E-state index contributed by atoms with van der Waals surface area (Å²) in [7, 11) is 0.449. The van der Waals surface area contributed by atoms with E-state index in [1.807, 2.05) is 0 Å². The minimum atomic E-state index is -0.576. The van der Waals surface area contributed by atoms with Crippen LogP contribution in [-0.4, -0.2) is 12.7 Å². The average Bonchev–Trinajstić information content (AvgIpc) is 2.37. The highest BCUT2D eigenvalue weighted by Crippen LogP contribution is 2.36. The summed E-state index contributed by atoms with van der Waals surface area (Å²) in [5, 5.41) is 9.29. The van der Waals surface area contributed by atoms with Crippen LogP contribution in [0, 0.1) is 5.82 Å². The van der Waals surface area contributed by atoms with Crippen LogP contribution in [0.1, 0.15) is 0 Å². The summed E-state index contributed by atoms with van der Waals surface area (Å²) in [6, 6.07) is 10.1. The first-order chi connectivity index (χ1) is 8.63. The lowest BCUT2D eigenvalue weighted by Gasteiger charge is -2.12. The van der Waals surface area contributed by atoms with E-state index in [0.29, 0.717) is 18.3 Å². The summed E-state index contributed by atoms with van der Waals surface area (Å²) >= 11 is 8.86. The molecule has 1 N–H and O–H groups in total. The standard InChI is InChI=1S/C12H7BBrClFO2/c14-10-6-5-9(12(11(10)16)18-13-17)7-1-3-8(15)4-2-7/h1-6,17H. The van der Waals surface area contributed by atoms with Crippen LogP contribution < -0.4 is 4.65 Å². The van der Waals surface area contributed by atoms with E-state index in [2.05, 4.69) is 15.9 Å². The second-order valence-corrected chi connectivity index (χ2v) is 4.76. The van der Waals surface area contributed by atoms with E-state index in [0.717, 1.165) is 5.56 Å². The molecule has 6 heteroatoms. The zero-order valence-electron chi connectivity index (χ0n) is 9.03. The fourth-order valence-electron chi connectivity index (χ4n) is 1.56. The summed E-state index contributed by atoms with van der Waals surface area (Å²) in [6.45, 7) is 0. The third kappa shape index (κ3) is 2.69. The molecule has 18 heavy (non-hydrogen) atoms. The predicted octanol–water partition coefficient (Wildman–Crippen LogP) is 3.81. The van der Waals surface area contributed by atoms with Crippen molar-refractivity contribution in [1.29, 1.82) is 0 Å². The Morgan fingerprint density at radius 3 is 2.44 bits per heavy atom. The van der Waals surface area contributed by atoms with Crippen molar-refractivity contribution < 1.29 is 14.1 Å². The van der Waals surface area contributed by atoms with Crippen molar-refractivity contribution in [3.05, 3.63) is 51.7 Å². The van der Waals surface area contributed by atoms with Gasteiger partial charge in [0.15, 0.2) is 5.82 Å². The van der Waals surface area contributed by atoms with Gasteiger partial charge >= 0.3 is 7.69 Å². The van der Waals surface area contributed by atoms with E-state index in [1.165, 1.54) is 0 Å². The fraction of sp³-hybridized carbons (Fsp3) is 0. The Kier molecular flexibility index (Phi) is 4.27. The quantitative estimate of drug-likeness (QED) is 0.868. The zero-order chi connectivity index (χ0) is 13.1. The Morgan fingerprint density at radius 1 is 1.17 bits per heavy atom. The van der Waals surface area contributed by atoms with E-state index in [9.17, 15) is 4.39 Å². The van der Waals surface area contributed by atoms with Crippen LogP contribution in [0.4, 0.5) is 4.39 Å². The van der Waals surface area contributed by atoms with Gasteiger partial charge in [0.1, 0.15) is 5.75 Å². The van der Waals surface area contributed by atoms with E-state index in [4.69, 9.17) is 21.3 Å². The zero-order valence-corrected chi connectivity index (χ0v) is 11.4. The minimum Gasteiger partial charge on any atom is -0.535 e. The monoisotopic (exact) mass is 327 g/mol. The normalized spacial score (nSPS) is 10.2. The predicted molar refractivity (Wildman–Crippen MR) is 73.1 cm³/mol. The topological polar surface area (TPSA) is 29.5 Å². The van der Waals surface area contributed by atoms with Crippen molar-refractivity contribution in [2.75, 3.05) is 0 Å². The van der Waals surface area contributed by atoms with Crippen molar-refractivity contribution in [2.24, 2.45) is 0 Å². The number of hydrogen-bond donors (Lipinski definition) is 1. The highest BCUT2D eigenvalue weighted by molar-refractivity contribution is 9.10. The molecule has 0 aliphatic carbocycles. The molecule has 1 radical (unpaired) electrons. The summed E-state index contributed by atoms with van der Waals surface area (Å²) in [4.78, 5) is 0. The highest BCUT2D eigenvalue weighted by Gasteiger charge is 2.15. The number of benzene rings is 2. The highest BCUT2D eigenvalue weighted by atomic mass is 79.9. The molecule has 0 fully saturated rings. The van der Waals surface area contributed by atoms with Crippen molar-refractivity contribution in [3.63, 3.8) is 0 Å². The molecule has 0 aliphatic rings. The van der Waals surface area contributed by atoms with E-state index >= 15 is 0 Å². The van der Waals surface area contributed by atoms with Gasteiger partial charge in [-0.25, -0.2) is 4.39 Å². The molecule has 0 unspecified atom stereocenters. The summed E-state index contributed by atoms with van der Waals surface area (Å²) in [5.41, 5.74) is 1.26. The smallest absolute Gasteiger partial charge is 0.535 e. The van der Waals surface area contributed by atoms with E-state index < -0.39 is 5.82 Å². The molecule has 2 rings (SSSR count). The molecule has 0 spiro atoms. The van der Waals surface area contributed by atoms with Gasteiger partial charge < -0.3 is 9.68 Å². The Hall–Kier alpha value is -1.04. The molecule has 91 valence electrons. The van der Waals surface area contributed by atoms with E-state index in [1.54, 1.807) is 36.4 Å². The Bertz CT molecular complexity index is 563. The SMILES string of the molecule is O[B]Oc1c(-c2ccc(Cl)cc2)ccc(Br)c1F. The van der Waals surface area contributed by atoms with Gasteiger partial charge in [-0.1, -0.05) is 23.7 Å². The van der Waals surface area contributed by atoms with Gasteiger partial charge in [-0.2, -0.15) is 0 Å². The first-order valence-electron chi connectivity index (χ1n) is 5.00. The van der Waals surface area contributed by atoms with Crippen LogP contribution in [-0.2, 0) is 0 Å². The molecule has 0 heterocycles. The maximum absolute atomic E-state index is 13.9. The molecule has 2 aromatic rings. The second kappa shape index (κ2) is 5.74. The first-order valence-corrected chi connectivity index (χ1v) is 6.17. The molecule has 0 aliphatic heterocycles. The summed E-state index contributed by atoms with van der Waals surface area (Å²) in [5.74, 6) is -0.623. The number of halogens is 3. The van der Waals surface area contributed by atoms with E-state index in [-0.39, 0.29) is 10.2 Å². The van der Waals surface area contributed by atoms with Gasteiger partial charge in [-0.3, -0.25) is 0 Å². The molecule has 0 saturated carbocycles. The van der Waals surface area contributed by atoms with Gasteiger partial charge in [0.25, 0.3) is 0 Å². The maximum atomic E-state index is 13.9. The van der Waals surface area contributed by atoms with Gasteiger partial charge in [0.05, 0.1) is 4.47 Å². The Balaban J connectivity index is 2.56. The van der Waals surface area contributed by atoms with Crippen LogP contribution in [0.3, 0.4) is 0 Å². The molecule has 2 nitrogen and oxygen atoms in total. The van der Waals surface area contributed by atoms with Crippen molar-refractivity contribution in [1.82, 2.24) is 0 Å². The van der Waals surface area contributed by atoms with Gasteiger partial charge in [-0.15, -0.1) is 0 Å². The van der Waals surface area contributed by atoms with Crippen molar-refractivity contribution in [2.45, 2.75) is 0 Å². The molecular weight excluding hydrogens is 321 g/mol. The maximum Gasteiger partial charge on any atom is 0.569 e. The number of rotatable bonds is 3. The van der Waals surface area contributed by atoms with Crippen LogP contribution >= 0.6 is 27.5 Å². The molecule has 2 aromatic carbocycles. The third-order valence-electron chi connectivity index (χ3n) is 2.38. The Morgan fingerprint density at radius 2 is 1.83 bits per heavy atom. The lowest BCUT2D eigenvalue weighted by Crippen LogP contribution is -2.03. The van der Waals surface area contributed by atoms with Gasteiger partial charge in [-0.05, 0) is 45.8 Å². The van der Waals surface area contributed by atoms with Gasteiger partial charge in [0.2, 0.25) is 0 Å². The molecule has 0 saturated heterocycles. The Labute approximate surface area is 118 Å². The van der Waals surface area contributed by atoms with Crippen LogP contribution in [0.2, 0.25) is 5.02 Å². The average molecular weight is 328 g/mol. The van der Waals surface area contributed by atoms with Crippen LogP contribution in [0.5, 0.6) is 5.75 Å². The second-order valence-electron chi connectivity index (χ2n) is 3.47.